The van der Waals surface area contributed by atoms with Crippen molar-refractivity contribution in [2.24, 2.45) is 0 Å². The first-order valence-corrected chi connectivity index (χ1v) is 4.86. The Morgan fingerprint density at radius 3 is 2.85 bits per heavy atom. The molecule has 0 unspecified atom stereocenters. The first-order valence-electron chi connectivity index (χ1n) is 4.48. The van der Waals surface area contributed by atoms with Gasteiger partial charge in [-0.15, -0.1) is 0 Å². The van der Waals surface area contributed by atoms with E-state index in [2.05, 4.69) is 25.0 Å². The highest BCUT2D eigenvalue weighted by Crippen LogP contribution is 2.25. The Hall–Kier alpha value is -0.950. The standard InChI is InChI=1S/C11H12ClN/c1-3-8-6-13-11-7(2)4-9(12)5-10(8)11/h4-6,13H,3H2,1-2H3. The lowest BCUT2D eigenvalue weighted by Crippen LogP contribution is -1.78. The highest BCUT2D eigenvalue weighted by molar-refractivity contribution is 6.31. The van der Waals surface area contributed by atoms with Crippen LogP contribution < -0.4 is 0 Å². The Balaban J connectivity index is 2.82. The van der Waals surface area contributed by atoms with Crippen LogP contribution in [0.2, 0.25) is 5.02 Å². The molecule has 0 atom stereocenters. The molecule has 2 heteroatoms. The normalized spacial score (nSPS) is 11.0. The van der Waals surface area contributed by atoms with Crippen LogP contribution in [-0.2, 0) is 6.42 Å². The number of H-pyrrole nitrogens is 1. The summed E-state index contributed by atoms with van der Waals surface area (Å²) in [7, 11) is 0. The summed E-state index contributed by atoms with van der Waals surface area (Å²) in [5.41, 5.74) is 3.75. The Labute approximate surface area is 82.7 Å². The van der Waals surface area contributed by atoms with Gasteiger partial charge in [0.1, 0.15) is 0 Å². The predicted octanol–water partition coefficient (Wildman–Crippen LogP) is 3.69. The number of aryl methyl sites for hydroxylation is 2. The molecular formula is C11H12ClN. The molecule has 1 aromatic carbocycles. The summed E-state index contributed by atoms with van der Waals surface area (Å²) in [4.78, 5) is 3.28. The summed E-state index contributed by atoms with van der Waals surface area (Å²) in [6.07, 6.45) is 3.10. The second-order valence-corrected chi connectivity index (χ2v) is 3.75. The van der Waals surface area contributed by atoms with Crippen LogP contribution in [0, 0.1) is 6.92 Å². The SMILES string of the molecule is CCc1c[nH]c2c(C)cc(Cl)cc12. The van der Waals surface area contributed by atoms with E-state index in [1.54, 1.807) is 0 Å². The molecule has 1 aromatic heterocycles. The number of nitrogens with one attached hydrogen (secondary N) is 1. The first kappa shape index (κ1) is 8.64. The molecule has 0 fully saturated rings. The van der Waals surface area contributed by atoms with Crippen molar-refractivity contribution in [1.82, 2.24) is 4.98 Å². The summed E-state index contributed by atoms with van der Waals surface area (Å²) in [5, 5.41) is 2.08. The van der Waals surface area contributed by atoms with Gasteiger partial charge in [-0.2, -0.15) is 0 Å². The lowest BCUT2D eigenvalue weighted by atomic mass is 10.1. The lowest BCUT2D eigenvalue weighted by molar-refractivity contribution is 1.15. The fourth-order valence-corrected chi connectivity index (χ4v) is 1.99. The second kappa shape index (κ2) is 3.08. The molecule has 0 aliphatic rings. The zero-order valence-corrected chi connectivity index (χ0v) is 8.57. The topological polar surface area (TPSA) is 15.8 Å². The zero-order valence-electron chi connectivity index (χ0n) is 7.82. The average molecular weight is 194 g/mol. The summed E-state index contributed by atoms with van der Waals surface area (Å²) in [6.45, 7) is 4.23. The number of aromatic nitrogens is 1. The fraction of sp³-hybridized carbons (Fsp3) is 0.273. The number of aromatic amines is 1. The molecule has 1 N–H and O–H groups in total. The lowest BCUT2D eigenvalue weighted by Gasteiger charge is -1.98. The van der Waals surface area contributed by atoms with E-state index < -0.39 is 0 Å². The smallest absolute Gasteiger partial charge is 0.0487 e. The highest BCUT2D eigenvalue weighted by atomic mass is 35.5. The van der Waals surface area contributed by atoms with Crippen molar-refractivity contribution in [1.29, 1.82) is 0 Å². The van der Waals surface area contributed by atoms with Crippen molar-refractivity contribution in [2.75, 3.05) is 0 Å². The molecule has 0 radical (unpaired) electrons. The Bertz CT molecular complexity index is 443. The molecule has 68 valence electrons. The van der Waals surface area contributed by atoms with Crippen molar-refractivity contribution in [3.63, 3.8) is 0 Å². The van der Waals surface area contributed by atoms with Crippen LogP contribution in [-0.4, -0.2) is 4.98 Å². The molecule has 0 aliphatic heterocycles. The van der Waals surface area contributed by atoms with E-state index in [1.165, 1.54) is 22.0 Å². The van der Waals surface area contributed by atoms with E-state index in [1.807, 2.05) is 12.1 Å². The van der Waals surface area contributed by atoms with Gasteiger partial charge in [0.2, 0.25) is 0 Å². The maximum absolute atomic E-state index is 6.00. The van der Waals surface area contributed by atoms with Crippen LogP contribution in [0.25, 0.3) is 10.9 Å². The van der Waals surface area contributed by atoms with E-state index in [0.29, 0.717) is 0 Å². The van der Waals surface area contributed by atoms with E-state index in [-0.39, 0.29) is 0 Å². The number of hydrogen-bond acceptors (Lipinski definition) is 0. The largest absolute Gasteiger partial charge is 0.361 e. The van der Waals surface area contributed by atoms with Crippen LogP contribution >= 0.6 is 11.6 Å². The van der Waals surface area contributed by atoms with Crippen molar-refractivity contribution >= 4 is 22.5 Å². The minimum atomic E-state index is 0.819. The van der Waals surface area contributed by atoms with Crippen LogP contribution in [0.4, 0.5) is 0 Å². The van der Waals surface area contributed by atoms with Gasteiger partial charge in [-0.25, -0.2) is 0 Å². The predicted molar refractivity (Wildman–Crippen MR) is 57.4 cm³/mol. The van der Waals surface area contributed by atoms with Crippen LogP contribution in [0.3, 0.4) is 0 Å². The number of rotatable bonds is 1. The maximum atomic E-state index is 6.00. The summed E-state index contributed by atoms with van der Waals surface area (Å²) in [5.74, 6) is 0. The second-order valence-electron chi connectivity index (χ2n) is 3.31. The van der Waals surface area contributed by atoms with Gasteiger partial charge in [-0.05, 0) is 36.6 Å². The van der Waals surface area contributed by atoms with Gasteiger partial charge in [0.25, 0.3) is 0 Å². The monoisotopic (exact) mass is 193 g/mol. The average Bonchev–Trinajstić information content (AvgIpc) is 2.47. The van der Waals surface area contributed by atoms with E-state index >= 15 is 0 Å². The molecule has 0 spiro atoms. The first-order chi connectivity index (χ1) is 6.22. The molecule has 2 rings (SSSR count). The van der Waals surface area contributed by atoms with E-state index in [4.69, 9.17) is 11.6 Å². The zero-order chi connectivity index (χ0) is 9.42. The number of hydrogen-bond donors (Lipinski definition) is 1. The van der Waals surface area contributed by atoms with Crippen molar-refractivity contribution in [3.05, 3.63) is 34.5 Å². The summed E-state index contributed by atoms with van der Waals surface area (Å²) < 4.78 is 0. The van der Waals surface area contributed by atoms with Gasteiger partial charge < -0.3 is 4.98 Å². The number of fused-ring (bicyclic) bond motifs is 1. The van der Waals surface area contributed by atoms with Crippen LogP contribution in [0.15, 0.2) is 18.3 Å². The van der Waals surface area contributed by atoms with Crippen LogP contribution in [0.1, 0.15) is 18.1 Å². The quantitative estimate of drug-likeness (QED) is 0.711. The van der Waals surface area contributed by atoms with Gasteiger partial charge in [0.05, 0.1) is 0 Å². The minimum absolute atomic E-state index is 0.819. The minimum Gasteiger partial charge on any atom is -0.361 e. The van der Waals surface area contributed by atoms with Crippen molar-refractivity contribution in [3.8, 4) is 0 Å². The molecule has 0 aliphatic carbocycles. The Morgan fingerprint density at radius 2 is 2.15 bits per heavy atom. The van der Waals surface area contributed by atoms with Gasteiger partial charge >= 0.3 is 0 Å². The fourth-order valence-electron chi connectivity index (χ4n) is 1.72. The Morgan fingerprint density at radius 1 is 1.38 bits per heavy atom. The third-order valence-corrected chi connectivity index (χ3v) is 2.64. The molecule has 1 nitrogen and oxygen atoms in total. The molecule has 0 saturated heterocycles. The molecule has 13 heavy (non-hydrogen) atoms. The van der Waals surface area contributed by atoms with Crippen molar-refractivity contribution in [2.45, 2.75) is 20.3 Å². The van der Waals surface area contributed by atoms with Gasteiger partial charge in [-0.3, -0.25) is 0 Å². The molecule has 1 heterocycles. The van der Waals surface area contributed by atoms with Gasteiger partial charge in [0, 0.05) is 22.1 Å². The summed E-state index contributed by atoms with van der Waals surface area (Å²) in [6, 6.07) is 4.01. The number of halogens is 1. The summed E-state index contributed by atoms with van der Waals surface area (Å²) >= 11 is 6.00. The van der Waals surface area contributed by atoms with Gasteiger partial charge in [0.15, 0.2) is 0 Å². The third kappa shape index (κ3) is 1.33. The highest BCUT2D eigenvalue weighted by Gasteiger charge is 2.04. The molecule has 0 saturated carbocycles. The van der Waals surface area contributed by atoms with E-state index in [0.717, 1.165) is 11.4 Å². The molecule has 0 amide bonds. The van der Waals surface area contributed by atoms with Gasteiger partial charge in [-0.1, -0.05) is 18.5 Å². The van der Waals surface area contributed by atoms with E-state index in [9.17, 15) is 0 Å². The molecule has 2 aromatic rings. The molecule has 0 bridgehead atoms. The Kier molecular flexibility index (Phi) is 2.04. The van der Waals surface area contributed by atoms with Crippen molar-refractivity contribution < 1.29 is 0 Å². The van der Waals surface area contributed by atoms with Crippen LogP contribution in [0.5, 0.6) is 0 Å². The third-order valence-electron chi connectivity index (χ3n) is 2.42. The molecular weight excluding hydrogens is 182 g/mol. The number of benzene rings is 1. The maximum Gasteiger partial charge on any atom is 0.0487 e.